The number of likely N-dealkylation sites (tertiary alicyclic amines) is 1. The van der Waals surface area contributed by atoms with Crippen molar-refractivity contribution in [3.05, 3.63) is 54.8 Å². The number of hydrogen-bond acceptors (Lipinski definition) is 4. The van der Waals surface area contributed by atoms with E-state index in [0.29, 0.717) is 11.5 Å². The Labute approximate surface area is 155 Å². The molecule has 1 fully saturated rings. The number of piperidine rings is 1. The highest BCUT2D eigenvalue weighted by molar-refractivity contribution is 5.94. The van der Waals surface area contributed by atoms with Crippen LogP contribution < -0.4 is 4.90 Å². The van der Waals surface area contributed by atoms with Crippen LogP contribution in [0.3, 0.4) is 0 Å². The molecule has 0 aromatic carbocycles. The molecule has 0 aliphatic carbocycles. The quantitative estimate of drug-likeness (QED) is 0.750. The first kappa shape index (κ1) is 18.2. The third-order valence-corrected chi connectivity index (χ3v) is 4.73. The van der Waals surface area contributed by atoms with Crippen LogP contribution in [-0.2, 0) is 6.54 Å². The van der Waals surface area contributed by atoms with Crippen LogP contribution in [0.25, 0.3) is 0 Å². The highest BCUT2D eigenvalue weighted by Gasteiger charge is 2.25. The van der Waals surface area contributed by atoms with Crippen LogP contribution in [0.5, 0.6) is 0 Å². The van der Waals surface area contributed by atoms with Crippen molar-refractivity contribution >= 4 is 11.7 Å². The summed E-state index contributed by atoms with van der Waals surface area (Å²) in [5, 5.41) is 0. The maximum absolute atomic E-state index is 12.8. The molecule has 1 unspecified atom stereocenters. The third kappa shape index (κ3) is 4.50. The van der Waals surface area contributed by atoms with Gasteiger partial charge < -0.3 is 14.4 Å². The van der Waals surface area contributed by atoms with E-state index >= 15 is 0 Å². The number of pyridine rings is 1. The minimum atomic E-state index is 0.0712. The Morgan fingerprint density at radius 1 is 1.42 bits per heavy atom. The number of carbonyl (C=O) groups excluding carboxylic acids is 1. The Hall–Kier alpha value is -2.63. The molecule has 0 radical (unpaired) electrons. The summed E-state index contributed by atoms with van der Waals surface area (Å²) in [4.78, 5) is 25.4. The maximum Gasteiger partial charge on any atom is 0.255 e. The minimum Gasteiger partial charge on any atom is -0.356 e. The number of nitrogens with zero attached hydrogens (tertiary/aromatic N) is 5. The topological polar surface area (TPSA) is 54.3 Å². The van der Waals surface area contributed by atoms with E-state index in [2.05, 4.69) is 21.1 Å². The van der Waals surface area contributed by atoms with Crippen molar-refractivity contribution in [1.82, 2.24) is 19.4 Å². The molecule has 6 heteroatoms. The van der Waals surface area contributed by atoms with E-state index in [9.17, 15) is 4.79 Å². The number of aromatic nitrogens is 3. The van der Waals surface area contributed by atoms with Crippen molar-refractivity contribution in [2.24, 2.45) is 5.92 Å². The molecule has 0 N–H and O–H groups in total. The lowest BCUT2D eigenvalue weighted by molar-refractivity contribution is 0.0662. The van der Waals surface area contributed by atoms with E-state index in [-0.39, 0.29) is 5.91 Å². The lowest BCUT2D eigenvalue weighted by atomic mass is 9.97. The Morgan fingerprint density at radius 3 is 2.92 bits per heavy atom. The molecule has 26 heavy (non-hydrogen) atoms. The Kier molecular flexibility index (Phi) is 5.71. The van der Waals surface area contributed by atoms with Gasteiger partial charge in [0, 0.05) is 51.8 Å². The van der Waals surface area contributed by atoms with Crippen LogP contribution in [-0.4, -0.2) is 52.0 Å². The summed E-state index contributed by atoms with van der Waals surface area (Å²) in [5.74, 6) is 1.39. The lowest BCUT2D eigenvalue weighted by Crippen LogP contribution is -2.41. The fraction of sp³-hybridized carbons (Fsp3) is 0.450. The zero-order chi connectivity index (χ0) is 18.5. The van der Waals surface area contributed by atoms with E-state index in [0.717, 1.165) is 50.4 Å². The summed E-state index contributed by atoms with van der Waals surface area (Å²) < 4.78 is 2.09. The molecule has 0 bridgehead atoms. The van der Waals surface area contributed by atoms with Gasteiger partial charge in [0.15, 0.2) is 0 Å². The summed E-state index contributed by atoms with van der Waals surface area (Å²) >= 11 is 0. The van der Waals surface area contributed by atoms with Crippen molar-refractivity contribution in [2.75, 3.05) is 31.6 Å². The van der Waals surface area contributed by atoms with E-state index in [1.807, 2.05) is 48.4 Å². The Balaban J connectivity index is 1.61. The van der Waals surface area contributed by atoms with Crippen LogP contribution in [0.4, 0.5) is 5.82 Å². The van der Waals surface area contributed by atoms with Gasteiger partial charge in [-0.25, -0.2) is 9.97 Å². The summed E-state index contributed by atoms with van der Waals surface area (Å²) in [7, 11) is 1.98. The lowest BCUT2D eigenvalue weighted by Gasteiger charge is -2.33. The first-order valence-corrected chi connectivity index (χ1v) is 9.09. The number of amides is 1. The third-order valence-electron chi connectivity index (χ3n) is 4.73. The van der Waals surface area contributed by atoms with Gasteiger partial charge in [0.05, 0.1) is 11.9 Å². The van der Waals surface area contributed by atoms with Gasteiger partial charge in [0.25, 0.3) is 5.91 Å². The molecule has 2 aromatic rings. The monoisotopic (exact) mass is 353 g/mol. The number of hydrogen-bond donors (Lipinski definition) is 0. The second-order valence-electron chi connectivity index (χ2n) is 7.24. The molecule has 1 amide bonds. The average molecular weight is 353 g/mol. The molecular formula is C20H27N5O. The van der Waals surface area contributed by atoms with Crippen molar-refractivity contribution in [3.63, 3.8) is 0 Å². The molecule has 0 spiro atoms. The molecule has 6 nitrogen and oxygen atoms in total. The van der Waals surface area contributed by atoms with Gasteiger partial charge in [-0.3, -0.25) is 4.79 Å². The summed E-state index contributed by atoms with van der Waals surface area (Å²) in [6.45, 7) is 9.18. The fourth-order valence-corrected chi connectivity index (χ4v) is 3.50. The number of rotatable bonds is 6. The predicted octanol–water partition coefficient (Wildman–Crippen LogP) is 2.84. The smallest absolute Gasteiger partial charge is 0.255 e. The molecule has 138 valence electrons. The molecule has 0 saturated carbocycles. The van der Waals surface area contributed by atoms with Gasteiger partial charge in [0.2, 0.25) is 0 Å². The SMILES string of the molecule is C=C(C)CN(C)c1ccc(C(=O)N2CCCC(Cn3ccnc3)C2)cn1. The highest BCUT2D eigenvalue weighted by Crippen LogP contribution is 2.21. The number of likely N-dealkylation sites (N-methyl/N-ethyl adjacent to an activating group) is 1. The largest absolute Gasteiger partial charge is 0.356 e. The zero-order valence-electron chi connectivity index (χ0n) is 15.6. The van der Waals surface area contributed by atoms with E-state index in [1.54, 1.807) is 12.4 Å². The number of anilines is 1. The van der Waals surface area contributed by atoms with Crippen LogP contribution >= 0.6 is 0 Å². The fourth-order valence-electron chi connectivity index (χ4n) is 3.50. The van der Waals surface area contributed by atoms with Crippen LogP contribution in [0.2, 0.25) is 0 Å². The standard InChI is InChI=1S/C20H27N5O/c1-16(2)12-23(3)19-7-6-18(11-22-19)20(26)25-9-4-5-17(14-25)13-24-10-8-21-15-24/h6-8,10-11,15,17H,1,4-5,9,12-14H2,2-3H3. The molecule has 1 saturated heterocycles. The van der Waals surface area contributed by atoms with Crippen molar-refractivity contribution in [3.8, 4) is 0 Å². The molecule has 1 aliphatic heterocycles. The van der Waals surface area contributed by atoms with Crippen molar-refractivity contribution < 1.29 is 4.79 Å². The van der Waals surface area contributed by atoms with Gasteiger partial charge in [0.1, 0.15) is 5.82 Å². The zero-order valence-corrected chi connectivity index (χ0v) is 15.6. The maximum atomic E-state index is 12.8. The Bertz CT molecular complexity index is 738. The molecule has 3 rings (SSSR count). The Morgan fingerprint density at radius 2 is 2.27 bits per heavy atom. The van der Waals surface area contributed by atoms with Crippen LogP contribution in [0, 0.1) is 5.92 Å². The molecule has 3 heterocycles. The van der Waals surface area contributed by atoms with E-state index in [4.69, 9.17) is 0 Å². The van der Waals surface area contributed by atoms with Crippen LogP contribution in [0.15, 0.2) is 49.2 Å². The van der Waals surface area contributed by atoms with Gasteiger partial charge in [-0.1, -0.05) is 12.2 Å². The van der Waals surface area contributed by atoms with E-state index in [1.165, 1.54) is 0 Å². The molecule has 1 atom stereocenters. The van der Waals surface area contributed by atoms with E-state index < -0.39 is 0 Å². The normalized spacial score (nSPS) is 17.2. The second kappa shape index (κ2) is 8.17. The van der Waals surface area contributed by atoms with Crippen LogP contribution in [0.1, 0.15) is 30.1 Å². The van der Waals surface area contributed by atoms with Gasteiger partial charge in [-0.2, -0.15) is 0 Å². The number of imidazole rings is 1. The van der Waals surface area contributed by atoms with Gasteiger partial charge in [-0.05, 0) is 37.8 Å². The predicted molar refractivity (Wildman–Crippen MR) is 103 cm³/mol. The number of carbonyl (C=O) groups is 1. The molecule has 1 aliphatic rings. The molecular weight excluding hydrogens is 326 g/mol. The van der Waals surface area contributed by atoms with Gasteiger partial charge in [-0.15, -0.1) is 0 Å². The minimum absolute atomic E-state index is 0.0712. The first-order chi connectivity index (χ1) is 12.5. The average Bonchev–Trinajstić information content (AvgIpc) is 3.14. The molecule has 2 aromatic heterocycles. The van der Waals surface area contributed by atoms with Gasteiger partial charge >= 0.3 is 0 Å². The highest BCUT2D eigenvalue weighted by atomic mass is 16.2. The summed E-state index contributed by atoms with van der Waals surface area (Å²) in [6.07, 6.45) is 9.48. The summed E-state index contributed by atoms with van der Waals surface area (Å²) in [5.41, 5.74) is 1.73. The first-order valence-electron chi connectivity index (χ1n) is 9.09. The summed E-state index contributed by atoms with van der Waals surface area (Å²) in [6, 6.07) is 3.78. The van der Waals surface area contributed by atoms with Crippen molar-refractivity contribution in [1.29, 1.82) is 0 Å². The second-order valence-corrected chi connectivity index (χ2v) is 7.24. The van der Waals surface area contributed by atoms with Crippen molar-refractivity contribution in [2.45, 2.75) is 26.3 Å².